The fourth-order valence-electron chi connectivity index (χ4n) is 5.38. The topological polar surface area (TPSA) is 197 Å². The third-order valence-electron chi connectivity index (χ3n) is 7.98. The van der Waals surface area contributed by atoms with Crippen LogP contribution in [0.2, 0.25) is 0 Å². The fourth-order valence-corrected chi connectivity index (χ4v) is 9.46. The Morgan fingerprint density at radius 2 is 1.44 bits per heavy atom. The number of rotatable bonds is 12. The van der Waals surface area contributed by atoms with E-state index in [0.29, 0.717) is 22.6 Å². The van der Waals surface area contributed by atoms with Crippen molar-refractivity contribution in [1.82, 2.24) is 9.21 Å². The van der Waals surface area contributed by atoms with Gasteiger partial charge in [-0.2, -0.15) is 9.42 Å². The van der Waals surface area contributed by atoms with Crippen LogP contribution in [0.15, 0.2) is 85.7 Å². The molecule has 0 radical (unpaired) electrons. The maximum absolute atomic E-state index is 15.1. The van der Waals surface area contributed by atoms with E-state index in [1.165, 1.54) is 19.1 Å². The standard InChI is InChI=1S/C32H38BN5O10S2/c1-32(2,3)48-31(39)37-18-25(19-37)49(42,43)27-15-14-26(33(40)41)28(30-34-20-35-36-30)29(27)50(44,45)38(16-21-6-10-23(46-4)11-7-21)17-22-8-12-24(47-5)13-9-22/h6-15,25,40-41H,16-20H2,1-5H3. The lowest BCUT2D eigenvalue weighted by molar-refractivity contribution is 0.0139. The Kier molecular flexibility index (Phi) is 10.7. The number of hydrogen-bond donors (Lipinski definition) is 2. The molecule has 2 N–H and O–H groups in total. The molecule has 2 heterocycles. The zero-order valence-corrected chi connectivity index (χ0v) is 29.8. The lowest BCUT2D eigenvalue weighted by atomic mass is 9.76. The third-order valence-corrected chi connectivity index (χ3v) is 12.1. The van der Waals surface area contributed by atoms with Gasteiger partial charge in [-0.05, 0) is 67.7 Å². The first-order chi connectivity index (χ1) is 23.5. The van der Waals surface area contributed by atoms with Crippen molar-refractivity contribution >= 4 is 44.4 Å². The summed E-state index contributed by atoms with van der Waals surface area (Å²) < 4.78 is 75.9. The van der Waals surface area contributed by atoms with Gasteiger partial charge in [0, 0.05) is 31.7 Å². The molecule has 1 amide bonds. The van der Waals surface area contributed by atoms with Crippen LogP contribution in [0.25, 0.3) is 0 Å². The Balaban J connectivity index is 1.67. The Labute approximate surface area is 291 Å². The van der Waals surface area contributed by atoms with Gasteiger partial charge < -0.3 is 29.2 Å². The van der Waals surface area contributed by atoms with E-state index in [4.69, 9.17) is 14.2 Å². The van der Waals surface area contributed by atoms with E-state index in [9.17, 15) is 23.3 Å². The Morgan fingerprint density at radius 1 is 0.900 bits per heavy atom. The van der Waals surface area contributed by atoms with E-state index in [1.807, 2.05) is 0 Å². The van der Waals surface area contributed by atoms with Gasteiger partial charge in [-0.3, -0.25) is 0 Å². The van der Waals surface area contributed by atoms with Crippen LogP contribution < -0.4 is 14.9 Å². The first-order valence-corrected chi connectivity index (χ1v) is 18.5. The van der Waals surface area contributed by atoms with Crippen LogP contribution in [0, 0.1) is 0 Å². The van der Waals surface area contributed by atoms with Crippen molar-refractivity contribution in [2.45, 2.75) is 54.5 Å². The number of aliphatic imine (C=N–C) groups is 1. The molecule has 2 aliphatic heterocycles. The lowest BCUT2D eigenvalue weighted by Gasteiger charge is -2.39. The molecule has 1 fully saturated rings. The van der Waals surface area contributed by atoms with Crippen molar-refractivity contribution in [3.63, 3.8) is 0 Å². The molecular formula is C32H38BN5O10S2. The quantitative estimate of drug-likeness (QED) is 0.261. The number of azo groups is 1. The maximum Gasteiger partial charge on any atom is 0.489 e. The SMILES string of the molecule is COc1ccc(CN(Cc2ccc(OC)cc2)S(=O)(=O)c2c(S(=O)(=O)C3CN(C(=O)OC(C)(C)C)C3)ccc(B(O)O)c2C2=NCN=N2)cc1. The summed E-state index contributed by atoms with van der Waals surface area (Å²) in [5.41, 5.74) is -0.444. The van der Waals surface area contributed by atoms with Gasteiger partial charge in [0.15, 0.2) is 22.3 Å². The molecule has 0 spiro atoms. The van der Waals surface area contributed by atoms with Crippen LogP contribution in [0.5, 0.6) is 11.5 Å². The monoisotopic (exact) mass is 727 g/mol. The molecule has 50 heavy (non-hydrogen) atoms. The number of amidine groups is 1. The second-order valence-electron chi connectivity index (χ2n) is 12.6. The average Bonchev–Trinajstić information content (AvgIpc) is 3.57. The van der Waals surface area contributed by atoms with Gasteiger partial charge in [0.05, 0.1) is 19.1 Å². The molecular weight excluding hydrogens is 689 g/mol. The summed E-state index contributed by atoms with van der Waals surface area (Å²) >= 11 is 0. The van der Waals surface area contributed by atoms with Gasteiger partial charge in [0.1, 0.15) is 27.2 Å². The summed E-state index contributed by atoms with van der Waals surface area (Å²) in [4.78, 5) is 16.7. The molecule has 1 saturated heterocycles. The van der Waals surface area contributed by atoms with E-state index in [2.05, 4.69) is 15.2 Å². The number of carbonyl (C=O) groups excluding carboxylic acids is 1. The number of benzene rings is 3. The first kappa shape index (κ1) is 36.9. The number of ether oxygens (including phenoxy) is 3. The van der Waals surface area contributed by atoms with E-state index < -0.39 is 59.3 Å². The minimum Gasteiger partial charge on any atom is -0.497 e. The maximum atomic E-state index is 15.1. The Morgan fingerprint density at radius 3 is 1.88 bits per heavy atom. The van der Waals surface area contributed by atoms with E-state index in [1.54, 1.807) is 69.3 Å². The Bertz CT molecular complexity index is 1960. The van der Waals surface area contributed by atoms with Crippen LogP contribution >= 0.6 is 0 Å². The molecule has 2 aliphatic rings. The second kappa shape index (κ2) is 14.5. The summed E-state index contributed by atoms with van der Waals surface area (Å²) in [5, 5.41) is 27.4. The minimum atomic E-state index is -4.86. The smallest absolute Gasteiger partial charge is 0.489 e. The average molecular weight is 728 g/mol. The van der Waals surface area contributed by atoms with Gasteiger partial charge in [-0.1, -0.05) is 30.3 Å². The number of hydrogen-bond acceptors (Lipinski definition) is 13. The summed E-state index contributed by atoms with van der Waals surface area (Å²) in [6.45, 7) is 3.93. The zero-order chi connectivity index (χ0) is 36.4. The highest BCUT2D eigenvalue weighted by molar-refractivity contribution is 7.94. The third kappa shape index (κ3) is 7.84. The molecule has 5 rings (SSSR count). The van der Waals surface area contributed by atoms with E-state index in [0.717, 1.165) is 16.4 Å². The molecule has 0 atom stereocenters. The number of nitrogens with zero attached hydrogens (tertiary/aromatic N) is 5. The highest BCUT2D eigenvalue weighted by atomic mass is 32.2. The Hall–Kier alpha value is -4.36. The van der Waals surface area contributed by atoms with Crippen LogP contribution in [0.3, 0.4) is 0 Å². The summed E-state index contributed by atoms with van der Waals surface area (Å²) in [6, 6.07) is 15.5. The fraction of sp³-hybridized carbons (Fsp3) is 0.375. The highest BCUT2D eigenvalue weighted by Crippen LogP contribution is 2.35. The van der Waals surface area contributed by atoms with Crippen molar-refractivity contribution in [1.29, 1.82) is 0 Å². The molecule has 0 saturated carbocycles. The number of likely N-dealkylation sites (tertiary alicyclic amines) is 1. The number of amides is 1. The normalized spacial score (nSPS) is 15.1. The van der Waals surface area contributed by atoms with E-state index in [-0.39, 0.29) is 44.1 Å². The molecule has 3 aromatic carbocycles. The highest BCUT2D eigenvalue weighted by Gasteiger charge is 2.46. The lowest BCUT2D eigenvalue weighted by Crippen LogP contribution is -2.58. The molecule has 15 nitrogen and oxygen atoms in total. The summed E-state index contributed by atoms with van der Waals surface area (Å²) in [7, 11) is -8.58. The van der Waals surface area contributed by atoms with Crippen molar-refractivity contribution in [2.75, 3.05) is 34.0 Å². The summed E-state index contributed by atoms with van der Waals surface area (Å²) in [6.07, 6.45) is -0.706. The summed E-state index contributed by atoms with van der Waals surface area (Å²) in [5.74, 6) is 0.815. The molecule has 266 valence electrons. The predicted octanol–water partition coefficient (Wildman–Crippen LogP) is 2.34. The molecule has 0 unspecified atom stereocenters. The van der Waals surface area contributed by atoms with Crippen molar-refractivity contribution in [3.8, 4) is 11.5 Å². The van der Waals surface area contributed by atoms with Crippen molar-refractivity contribution in [3.05, 3.63) is 77.4 Å². The van der Waals surface area contributed by atoms with Crippen LogP contribution in [-0.2, 0) is 37.7 Å². The molecule has 0 aliphatic carbocycles. The number of sulfonamides is 1. The molecule has 0 bridgehead atoms. The number of carbonyl (C=O) groups is 1. The van der Waals surface area contributed by atoms with Gasteiger partial charge in [0.25, 0.3) is 0 Å². The zero-order valence-electron chi connectivity index (χ0n) is 28.2. The van der Waals surface area contributed by atoms with Gasteiger partial charge in [0.2, 0.25) is 10.0 Å². The van der Waals surface area contributed by atoms with Crippen molar-refractivity contribution < 1.29 is 45.9 Å². The minimum absolute atomic E-state index is 0.179. The first-order valence-electron chi connectivity index (χ1n) is 15.5. The number of sulfone groups is 1. The second-order valence-corrected chi connectivity index (χ2v) is 16.7. The largest absolute Gasteiger partial charge is 0.497 e. The van der Waals surface area contributed by atoms with Gasteiger partial charge >= 0.3 is 13.2 Å². The van der Waals surface area contributed by atoms with E-state index >= 15 is 8.42 Å². The van der Waals surface area contributed by atoms with Crippen LogP contribution in [0.1, 0.15) is 37.5 Å². The van der Waals surface area contributed by atoms with Gasteiger partial charge in [-0.25, -0.2) is 26.6 Å². The predicted molar refractivity (Wildman–Crippen MR) is 184 cm³/mol. The van der Waals surface area contributed by atoms with Gasteiger partial charge in [-0.15, -0.1) is 5.11 Å². The van der Waals surface area contributed by atoms with Crippen LogP contribution in [0.4, 0.5) is 4.79 Å². The van der Waals surface area contributed by atoms with Crippen LogP contribution in [-0.4, -0.2) is 100.0 Å². The molecule has 3 aromatic rings. The molecule has 0 aromatic heterocycles. The number of methoxy groups -OCH3 is 2. The van der Waals surface area contributed by atoms with Crippen molar-refractivity contribution in [2.24, 2.45) is 15.2 Å². The molecule has 18 heteroatoms.